The van der Waals surface area contributed by atoms with E-state index in [1.165, 1.54) is 0 Å². The first kappa shape index (κ1) is 61.2. The van der Waals surface area contributed by atoms with Gasteiger partial charge in [-0.2, -0.15) is 0 Å². The Labute approximate surface area is 450 Å². The van der Waals surface area contributed by atoms with Crippen LogP contribution in [0.5, 0.6) is 0 Å². The van der Waals surface area contributed by atoms with Gasteiger partial charge in [0.15, 0.2) is 0 Å². The van der Waals surface area contributed by atoms with Crippen molar-refractivity contribution in [3.05, 3.63) is 84.9 Å². The molecule has 67 heavy (non-hydrogen) atoms. The summed E-state index contributed by atoms with van der Waals surface area (Å²) in [5, 5.41) is 29.5. The minimum absolute atomic E-state index is 0. The summed E-state index contributed by atoms with van der Waals surface area (Å²) in [6.07, 6.45) is 0. The number of primary sulfonamides is 6. The van der Waals surface area contributed by atoms with Crippen molar-refractivity contribution in [2.24, 2.45) is 30.8 Å². The van der Waals surface area contributed by atoms with Crippen molar-refractivity contribution in [2.45, 2.75) is 44.1 Å². The van der Waals surface area contributed by atoms with E-state index in [2.05, 4.69) is 0 Å². The van der Waals surface area contributed by atoms with Crippen molar-refractivity contribution in [1.82, 2.24) is 0 Å². The molecule has 0 unspecified atom stereocenters. The topological polar surface area (TPSA) is 499 Å². The molecule has 0 radical (unpaired) electrons. The number of fused-ring (bicyclic) bond motifs is 1. The minimum atomic E-state index is -5.31. The number of rotatable bonds is 15. The van der Waals surface area contributed by atoms with Crippen molar-refractivity contribution in [1.29, 1.82) is 0 Å². The third-order valence-corrected chi connectivity index (χ3v) is 17.7. The summed E-state index contributed by atoms with van der Waals surface area (Å²) in [7, 11) is -44.1. The van der Waals surface area contributed by atoms with Gasteiger partial charge in [-0.1, -0.05) is 6.07 Å². The zero-order valence-corrected chi connectivity index (χ0v) is 38.4. The zero-order chi connectivity index (χ0) is 48.6. The van der Waals surface area contributed by atoms with Crippen molar-refractivity contribution in [2.75, 3.05) is 14.2 Å². The molecule has 5 aromatic carbocycles. The Kier molecular flexibility index (Phi) is 18.9. The maximum absolute atomic E-state index is 14.1. The number of hydrogen-bond donors (Lipinski definition) is 9. The summed E-state index contributed by atoms with van der Waals surface area (Å²) in [5.74, 6) is 0. The fraction of sp³-hybridized carbons (Fsp3) is 0. The third kappa shape index (κ3) is 15.0. The second kappa shape index (κ2) is 20.7. The number of benzene rings is 5. The number of anilines is 3. The number of sulfonamides is 9. The Morgan fingerprint density at radius 3 is 0.821 bits per heavy atom. The van der Waals surface area contributed by atoms with Crippen molar-refractivity contribution in [3.63, 3.8) is 0 Å². The van der Waals surface area contributed by atoms with Crippen LogP contribution in [0.3, 0.4) is 0 Å². The van der Waals surface area contributed by atoms with Crippen LogP contribution in [-0.4, -0.2) is 164 Å². The number of nitrogens with two attached hydrogens (primary N) is 6. The van der Waals surface area contributed by atoms with E-state index < -0.39 is 162 Å². The zero-order valence-electron chi connectivity index (χ0n) is 31.1. The Morgan fingerprint density at radius 2 is 0.537 bits per heavy atom. The van der Waals surface area contributed by atoms with Crippen LogP contribution < -0.4 is 45.0 Å². The summed E-state index contributed by atoms with van der Waals surface area (Å²) in [4.78, 5) is -8.78. The van der Waals surface area contributed by atoms with Crippen LogP contribution in [0, 0.1) is 0 Å². The van der Waals surface area contributed by atoms with E-state index in [-0.39, 0.29) is 88.7 Å². The van der Waals surface area contributed by atoms with Crippen LogP contribution in [0.1, 0.15) is 0 Å². The van der Waals surface area contributed by atoms with Crippen LogP contribution in [-0.2, 0) is 90.2 Å². The summed E-state index contributed by atoms with van der Waals surface area (Å²) in [6.45, 7) is 0. The van der Waals surface area contributed by atoms with Gasteiger partial charge in [-0.05, 0) is 84.2 Å². The van der Waals surface area contributed by atoms with Crippen molar-refractivity contribution in [3.8, 4) is 0 Å². The molecule has 354 valence electrons. The fourth-order valence-corrected chi connectivity index (χ4v) is 12.6. The van der Waals surface area contributed by atoms with Gasteiger partial charge in [0.1, 0.15) is 0 Å². The van der Waals surface area contributed by atoms with E-state index in [9.17, 15) is 75.8 Å². The summed E-state index contributed by atoms with van der Waals surface area (Å²) in [5.41, 5.74) is -2.42. The molecule has 0 amide bonds. The monoisotopic (exact) mass is 1140 g/mol. The molecule has 0 atom stereocenters. The van der Waals surface area contributed by atoms with Crippen LogP contribution in [0.4, 0.5) is 17.1 Å². The number of nitrogens with one attached hydrogen (secondary N) is 3. The van der Waals surface area contributed by atoms with Crippen LogP contribution in [0.25, 0.3) is 10.8 Å². The first-order chi connectivity index (χ1) is 28.7. The Bertz CT molecular complexity index is 3770. The summed E-state index contributed by atoms with van der Waals surface area (Å²) < 4.78 is 235. The molecule has 0 spiro atoms. The molecule has 0 aromatic heterocycles. The van der Waals surface area contributed by atoms with Gasteiger partial charge in [0.2, 0.25) is 60.1 Å². The Morgan fingerprint density at radius 1 is 0.284 bits per heavy atom. The number of hydrogen-bond acceptors (Lipinski definition) is 18. The Hall–Kier alpha value is -1.93. The van der Waals surface area contributed by atoms with Crippen molar-refractivity contribution < 1.29 is 75.8 Å². The third-order valence-electron chi connectivity index (χ3n) is 8.14. The molecule has 39 heteroatoms. The molecule has 0 saturated carbocycles. The molecule has 0 aliphatic heterocycles. The standard InChI is InChI=1S/C28H29N9O18S9.3Na.3H/c29-56(38,39)20-5-16(6-21(11-20)57(30,40)41)35-62(50,51)19-1-2-27-15(3-19)4-26(63(52,53)36-17-7-22(58(31,42)43)12-23(8-17)59(32,44)45)14-28(27)64(54,55)37-18-9-24(60(33,46)47)13-25(10-18)61(34,48)49;;;;;;/h1-14,35-37H,(H2,29,38,39)(H2,30,40,41)(H2,31,42,43)(H2,32,44,45)(H2,33,46,47)(H2,34,48,49);;;;;;. The van der Waals surface area contributed by atoms with E-state index >= 15 is 0 Å². The Balaban J connectivity index is 0.00000514. The second-order valence-electron chi connectivity index (χ2n) is 13.0. The van der Waals surface area contributed by atoms with Crippen molar-refractivity contribution >= 4 is 207 Å². The molecule has 0 aliphatic rings. The molecule has 0 fully saturated rings. The van der Waals surface area contributed by atoms with Gasteiger partial charge >= 0.3 is 88.7 Å². The quantitative estimate of drug-likeness (QED) is 0.0444. The SMILES string of the molecule is NS(=O)(=O)c1cc(NS(=O)(=O)c2ccc3c(S(=O)(=O)Nc4cc(S(N)(=O)=O)cc(S(N)(=O)=O)c4)cc(S(=O)(=O)Nc4cc(S(N)(=O)=O)cc(S(N)(=O)=O)c4)cc3c2)cc(S(N)(=O)=O)c1.[NaH].[NaH].[NaH]. The molecule has 0 bridgehead atoms. The molecule has 5 aromatic rings. The second-order valence-corrected chi connectivity index (χ2v) is 27.4. The van der Waals surface area contributed by atoms with E-state index in [0.29, 0.717) is 72.8 Å². The average Bonchev–Trinajstić information content (AvgIpc) is 3.11. The van der Waals surface area contributed by atoms with Gasteiger partial charge in [0, 0.05) is 5.39 Å². The predicted octanol–water partition coefficient (Wildman–Crippen LogP) is -4.82. The van der Waals surface area contributed by atoms with Crippen LogP contribution in [0.15, 0.2) is 129 Å². The van der Waals surface area contributed by atoms with Gasteiger partial charge in [-0.15, -0.1) is 0 Å². The molecular weight excluding hydrogens is 1110 g/mol. The summed E-state index contributed by atoms with van der Waals surface area (Å²) in [6, 6.07) is 8.16. The van der Waals surface area contributed by atoms with Crippen LogP contribution >= 0.6 is 0 Å². The van der Waals surface area contributed by atoms with Gasteiger partial charge in [-0.25, -0.2) is 107 Å². The van der Waals surface area contributed by atoms with Crippen LogP contribution in [0.2, 0.25) is 0 Å². The average molecular weight is 1140 g/mol. The fourth-order valence-electron chi connectivity index (χ4n) is 5.35. The van der Waals surface area contributed by atoms with Gasteiger partial charge in [0.05, 0.1) is 61.1 Å². The first-order valence-corrected chi connectivity index (χ1v) is 29.7. The van der Waals surface area contributed by atoms with Gasteiger partial charge in [-0.3, -0.25) is 14.2 Å². The summed E-state index contributed by atoms with van der Waals surface area (Å²) >= 11 is 0. The molecule has 5 rings (SSSR count). The molecule has 0 heterocycles. The predicted molar refractivity (Wildman–Crippen MR) is 245 cm³/mol. The molecule has 27 nitrogen and oxygen atoms in total. The van der Waals surface area contributed by atoms with E-state index in [0.717, 1.165) is 12.1 Å². The first-order valence-electron chi connectivity index (χ1n) is 16.0. The van der Waals surface area contributed by atoms with Gasteiger partial charge < -0.3 is 0 Å². The molecular formula is C28H32N9Na3O18S9. The molecule has 0 aliphatic carbocycles. The van der Waals surface area contributed by atoms with Gasteiger partial charge in [0.25, 0.3) is 30.1 Å². The normalized spacial score (nSPS) is 13.0. The molecule has 0 saturated heterocycles. The van der Waals surface area contributed by atoms with E-state index in [1.807, 2.05) is 14.2 Å². The van der Waals surface area contributed by atoms with E-state index in [4.69, 9.17) is 30.8 Å². The maximum atomic E-state index is 14.1. The van der Waals surface area contributed by atoms with E-state index in [1.54, 1.807) is 0 Å². The molecule has 15 N–H and O–H groups in total.